The van der Waals surface area contributed by atoms with Gasteiger partial charge in [-0.25, -0.2) is 9.97 Å². The van der Waals surface area contributed by atoms with Crippen LogP contribution >= 0.6 is 0 Å². The fourth-order valence-corrected chi connectivity index (χ4v) is 5.81. The largest absolute Gasteiger partial charge is 0.496 e. The van der Waals surface area contributed by atoms with Crippen LogP contribution in [-0.4, -0.2) is 50.3 Å². The van der Waals surface area contributed by atoms with E-state index in [4.69, 9.17) is 19.2 Å². The van der Waals surface area contributed by atoms with Gasteiger partial charge in [-0.15, -0.1) is 0 Å². The molecule has 0 radical (unpaired) electrons. The summed E-state index contributed by atoms with van der Waals surface area (Å²) in [5.41, 5.74) is 9.41. The molecule has 8 heteroatoms. The normalized spacial score (nSPS) is 14.3. The van der Waals surface area contributed by atoms with E-state index in [1.54, 1.807) is 7.11 Å². The molecule has 186 valence electrons. The van der Waals surface area contributed by atoms with Crippen molar-refractivity contribution in [2.45, 2.75) is 53.6 Å². The summed E-state index contributed by atoms with van der Waals surface area (Å²) in [5, 5.41) is 6.22. The van der Waals surface area contributed by atoms with Gasteiger partial charge in [0.1, 0.15) is 23.0 Å². The molecule has 4 aromatic heterocycles. The van der Waals surface area contributed by atoms with E-state index in [1.807, 2.05) is 20.8 Å². The van der Waals surface area contributed by atoms with Gasteiger partial charge in [0.25, 0.3) is 0 Å². The lowest BCUT2D eigenvalue weighted by molar-refractivity contribution is 0.266. The first-order valence-corrected chi connectivity index (χ1v) is 12.5. The lowest BCUT2D eigenvalue weighted by atomic mass is 9.98. The molecule has 1 aliphatic heterocycles. The number of aromatic amines is 1. The number of hydrogen-bond donors (Lipinski definition) is 1. The van der Waals surface area contributed by atoms with E-state index >= 15 is 0 Å². The van der Waals surface area contributed by atoms with Crippen LogP contribution in [0.5, 0.6) is 5.75 Å². The van der Waals surface area contributed by atoms with Crippen molar-refractivity contribution in [3.05, 3.63) is 46.9 Å². The van der Waals surface area contributed by atoms with Gasteiger partial charge in [-0.2, -0.15) is 0 Å². The lowest BCUT2D eigenvalue weighted by Gasteiger charge is -2.27. The molecule has 0 amide bonds. The minimum atomic E-state index is 0.369. The van der Waals surface area contributed by atoms with Crippen molar-refractivity contribution < 1.29 is 9.26 Å². The molecule has 6 rings (SSSR count). The number of benzene rings is 1. The molecular weight excluding hydrogens is 452 g/mol. The topological polar surface area (TPSA) is 85.0 Å². The van der Waals surface area contributed by atoms with Gasteiger partial charge < -0.3 is 18.8 Å². The van der Waals surface area contributed by atoms with Crippen molar-refractivity contribution >= 4 is 21.9 Å². The number of ether oxygens (including phenoxy) is 1. The monoisotopic (exact) mass is 484 g/mol. The first-order valence-electron chi connectivity index (χ1n) is 12.5. The highest BCUT2D eigenvalue weighted by Gasteiger charge is 2.27. The summed E-state index contributed by atoms with van der Waals surface area (Å²) in [6.45, 7) is 13.4. The fourth-order valence-electron chi connectivity index (χ4n) is 5.81. The van der Waals surface area contributed by atoms with Crippen LogP contribution in [0.1, 0.15) is 48.4 Å². The minimum Gasteiger partial charge on any atom is -0.496 e. The molecule has 0 saturated carbocycles. The third-order valence-electron chi connectivity index (χ3n) is 7.35. The minimum absolute atomic E-state index is 0.369. The number of nitrogens with one attached hydrogen (secondary N) is 1. The zero-order valence-corrected chi connectivity index (χ0v) is 22.0. The number of methoxy groups -OCH3 is 1. The van der Waals surface area contributed by atoms with E-state index in [1.165, 1.54) is 17.0 Å². The maximum atomic E-state index is 5.88. The van der Waals surface area contributed by atoms with Gasteiger partial charge in [0.2, 0.25) is 0 Å². The average Bonchev–Trinajstić information content (AvgIpc) is 3.49. The van der Waals surface area contributed by atoms with E-state index in [0.717, 1.165) is 81.4 Å². The molecule has 0 saturated heterocycles. The molecule has 36 heavy (non-hydrogen) atoms. The number of nitrogens with zero attached hydrogens (tertiary/aromatic N) is 5. The van der Waals surface area contributed by atoms with E-state index < -0.39 is 0 Å². The Bertz CT molecular complexity index is 1620. The van der Waals surface area contributed by atoms with Crippen molar-refractivity contribution in [2.24, 2.45) is 0 Å². The standard InChI is InChI=1S/C28H32N6O2/c1-14(2)27-21(10-18-13-33(6)8-9-34(18)27)26-25-19-12-23(35-7)20(24-15(3)32-36-16(24)4)11-22(19)31-28(25)30-17(5)29-26/h10-12,14H,8-9,13H2,1-7H3,(H,29,30,31). The van der Waals surface area contributed by atoms with Crippen LogP contribution in [-0.2, 0) is 13.1 Å². The molecule has 0 fully saturated rings. The first-order chi connectivity index (χ1) is 17.3. The van der Waals surface area contributed by atoms with Crippen LogP contribution in [0.4, 0.5) is 0 Å². The number of rotatable bonds is 4. The van der Waals surface area contributed by atoms with Gasteiger partial charge >= 0.3 is 0 Å². The summed E-state index contributed by atoms with van der Waals surface area (Å²) >= 11 is 0. The maximum absolute atomic E-state index is 5.88. The Kier molecular flexibility index (Phi) is 5.19. The molecule has 1 aromatic carbocycles. The second-order valence-corrected chi connectivity index (χ2v) is 10.2. The Balaban J connectivity index is 1.66. The van der Waals surface area contributed by atoms with Crippen molar-refractivity contribution in [1.82, 2.24) is 29.6 Å². The third kappa shape index (κ3) is 3.35. The molecule has 0 spiro atoms. The SMILES string of the molecule is COc1cc2c(cc1-c1c(C)noc1C)[nH]c1nc(C)nc(-c3cc4n(c3C(C)C)CCN(C)C4)c12. The Morgan fingerprint density at radius 3 is 2.56 bits per heavy atom. The van der Waals surface area contributed by atoms with Gasteiger partial charge in [-0.05, 0) is 51.9 Å². The molecular formula is C28H32N6O2. The van der Waals surface area contributed by atoms with Crippen molar-refractivity contribution in [3.8, 4) is 28.1 Å². The smallest absolute Gasteiger partial charge is 0.142 e. The van der Waals surface area contributed by atoms with Crippen LogP contribution in [0.3, 0.4) is 0 Å². The zero-order valence-electron chi connectivity index (χ0n) is 22.0. The average molecular weight is 485 g/mol. The molecule has 5 aromatic rings. The molecule has 8 nitrogen and oxygen atoms in total. The summed E-state index contributed by atoms with van der Waals surface area (Å²) in [4.78, 5) is 15.8. The highest BCUT2D eigenvalue weighted by Crippen LogP contribution is 2.43. The molecule has 0 unspecified atom stereocenters. The van der Waals surface area contributed by atoms with Crippen LogP contribution < -0.4 is 4.74 Å². The number of aromatic nitrogens is 5. The summed E-state index contributed by atoms with van der Waals surface area (Å²) in [6, 6.07) is 6.54. The van der Waals surface area contributed by atoms with Gasteiger partial charge in [0.15, 0.2) is 0 Å². The summed E-state index contributed by atoms with van der Waals surface area (Å²) in [6.07, 6.45) is 0. The van der Waals surface area contributed by atoms with E-state index in [2.05, 4.69) is 58.7 Å². The van der Waals surface area contributed by atoms with Crippen LogP contribution in [0.2, 0.25) is 0 Å². The quantitative estimate of drug-likeness (QED) is 0.350. The fraction of sp³-hybridized carbons (Fsp3) is 0.393. The second kappa shape index (κ2) is 8.20. The van der Waals surface area contributed by atoms with Crippen molar-refractivity contribution in [2.75, 3.05) is 20.7 Å². The highest BCUT2D eigenvalue weighted by molar-refractivity contribution is 6.13. The van der Waals surface area contributed by atoms with E-state index in [-0.39, 0.29) is 0 Å². The van der Waals surface area contributed by atoms with Gasteiger partial charge in [-0.3, -0.25) is 4.90 Å². The number of aryl methyl sites for hydroxylation is 3. The van der Waals surface area contributed by atoms with E-state index in [0.29, 0.717) is 5.92 Å². The maximum Gasteiger partial charge on any atom is 0.142 e. The van der Waals surface area contributed by atoms with Gasteiger partial charge in [0, 0.05) is 53.1 Å². The number of hydrogen-bond acceptors (Lipinski definition) is 6. The van der Waals surface area contributed by atoms with E-state index in [9.17, 15) is 0 Å². The predicted octanol–water partition coefficient (Wildman–Crippen LogP) is 5.74. The molecule has 5 heterocycles. The van der Waals surface area contributed by atoms with Crippen LogP contribution in [0.25, 0.3) is 44.3 Å². The van der Waals surface area contributed by atoms with Gasteiger partial charge in [0.05, 0.1) is 29.4 Å². The predicted molar refractivity (Wildman–Crippen MR) is 142 cm³/mol. The Hall–Kier alpha value is -3.65. The Morgan fingerprint density at radius 1 is 1.06 bits per heavy atom. The number of likely N-dealkylation sites (N-methyl/N-ethyl adjacent to an activating group) is 1. The van der Waals surface area contributed by atoms with Crippen LogP contribution in [0, 0.1) is 20.8 Å². The summed E-state index contributed by atoms with van der Waals surface area (Å²) < 4.78 is 13.8. The zero-order chi connectivity index (χ0) is 25.3. The molecule has 1 N–H and O–H groups in total. The Morgan fingerprint density at radius 2 is 1.86 bits per heavy atom. The number of fused-ring (bicyclic) bond motifs is 4. The van der Waals surface area contributed by atoms with Gasteiger partial charge in [-0.1, -0.05) is 19.0 Å². The first kappa shape index (κ1) is 22.8. The van der Waals surface area contributed by atoms with Crippen molar-refractivity contribution in [3.63, 3.8) is 0 Å². The molecule has 0 bridgehead atoms. The molecule has 0 aliphatic carbocycles. The van der Waals surface area contributed by atoms with Crippen LogP contribution in [0.15, 0.2) is 22.7 Å². The van der Waals surface area contributed by atoms with Crippen molar-refractivity contribution in [1.29, 1.82) is 0 Å². The molecule has 1 aliphatic rings. The Labute approximate surface area is 210 Å². The third-order valence-corrected chi connectivity index (χ3v) is 7.35. The summed E-state index contributed by atoms with van der Waals surface area (Å²) in [5.74, 6) is 2.65. The second-order valence-electron chi connectivity index (χ2n) is 10.2. The lowest BCUT2D eigenvalue weighted by Crippen LogP contribution is -2.30. The summed E-state index contributed by atoms with van der Waals surface area (Å²) in [7, 11) is 3.88. The number of H-pyrrole nitrogens is 1. The highest BCUT2D eigenvalue weighted by atomic mass is 16.5. The molecule has 0 atom stereocenters.